The van der Waals surface area contributed by atoms with Gasteiger partial charge in [-0.3, -0.25) is 0 Å². The fourth-order valence-electron chi connectivity index (χ4n) is 1.22. The summed E-state index contributed by atoms with van der Waals surface area (Å²) in [5.41, 5.74) is 0. The highest BCUT2D eigenvalue weighted by Crippen LogP contribution is 2.27. The van der Waals surface area contributed by atoms with Crippen molar-refractivity contribution in [3.63, 3.8) is 0 Å². The predicted octanol–water partition coefficient (Wildman–Crippen LogP) is 2.18. The third kappa shape index (κ3) is 5.05. The summed E-state index contributed by atoms with van der Waals surface area (Å²) >= 11 is 4.43. The highest BCUT2D eigenvalue weighted by atomic mass is 79.9. The molecule has 1 rings (SSSR count). The molecule has 0 saturated carbocycles. The molecule has 0 aliphatic heterocycles. The van der Waals surface area contributed by atoms with Gasteiger partial charge in [0.15, 0.2) is 0 Å². The van der Waals surface area contributed by atoms with Crippen molar-refractivity contribution in [2.75, 3.05) is 13.1 Å². The largest absolute Gasteiger partial charge is 0.314 e. The van der Waals surface area contributed by atoms with E-state index in [9.17, 15) is 8.42 Å². The van der Waals surface area contributed by atoms with Crippen LogP contribution in [0.25, 0.3) is 0 Å². The lowest BCUT2D eigenvalue weighted by Crippen LogP contribution is -2.29. The molecule has 1 heterocycles. The first kappa shape index (κ1) is 15.1. The maximum absolute atomic E-state index is 11.9. The van der Waals surface area contributed by atoms with Crippen molar-refractivity contribution in [2.45, 2.75) is 30.5 Å². The van der Waals surface area contributed by atoms with Crippen molar-refractivity contribution in [3.8, 4) is 0 Å². The highest BCUT2D eigenvalue weighted by molar-refractivity contribution is 9.10. The Bertz CT molecular complexity index is 443. The maximum atomic E-state index is 11.9. The summed E-state index contributed by atoms with van der Waals surface area (Å²) in [6.45, 7) is 5.39. The second-order valence-electron chi connectivity index (χ2n) is 3.92. The van der Waals surface area contributed by atoms with Crippen molar-refractivity contribution < 1.29 is 8.42 Å². The molecule has 0 aliphatic carbocycles. The van der Waals surface area contributed by atoms with Crippen LogP contribution in [0.15, 0.2) is 20.1 Å². The molecule has 0 unspecified atom stereocenters. The molecule has 0 bridgehead atoms. The van der Waals surface area contributed by atoms with Gasteiger partial charge in [-0.25, -0.2) is 13.1 Å². The van der Waals surface area contributed by atoms with Gasteiger partial charge >= 0.3 is 0 Å². The van der Waals surface area contributed by atoms with E-state index in [4.69, 9.17) is 0 Å². The number of halogens is 1. The summed E-state index contributed by atoms with van der Waals surface area (Å²) in [6, 6.07) is 2.16. The van der Waals surface area contributed by atoms with Crippen LogP contribution in [-0.2, 0) is 10.0 Å². The Morgan fingerprint density at radius 3 is 2.65 bits per heavy atom. The smallest absolute Gasteiger partial charge is 0.251 e. The van der Waals surface area contributed by atoms with Gasteiger partial charge in [-0.15, -0.1) is 11.3 Å². The fraction of sp³-hybridized carbons (Fsp3) is 0.600. The Kier molecular flexibility index (Phi) is 6.08. The van der Waals surface area contributed by atoms with Gasteiger partial charge in [-0.05, 0) is 40.3 Å². The number of thiophene rings is 1. The van der Waals surface area contributed by atoms with E-state index in [0.717, 1.165) is 13.0 Å². The van der Waals surface area contributed by atoms with E-state index in [-0.39, 0.29) is 0 Å². The average Bonchev–Trinajstić information content (AvgIpc) is 2.64. The van der Waals surface area contributed by atoms with Crippen LogP contribution < -0.4 is 10.0 Å². The number of hydrogen-bond acceptors (Lipinski definition) is 4. The van der Waals surface area contributed by atoms with Gasteiger partial charge in [0.2, 0.25) is 0 Å². The number of hydrogen-bond donors (Lipinski definition) is 2. The monoisotopic (exact) mass is 340 g/mol. The van der Waals surface area contributed by atoms with E-state index in [1.807, 2.05) is 0 Å². The SMILES string of the molecule is CC(C)NCCCNS(=O)(=O)c1sccc1Br. The lowest BCUT2D eigenvalue weighted by atomic mass is 10.3. The molecule has 1 aromatic rings. The number of sulfonamides is 1. The van der Waals surface area contributed by atoms with Crippen LogP contribution in [0.3, 0.4) is 0 Å². The minimum Gasteiger partial charge on any atom is -0.314 e. The van der Waals surface area contributed by atoms with Crippen LogP contribution in [0.5, 0.6) is 0 Å². The highest BCUT2D eigenvalue weighted by Gasteiger charge is 2.18. The van der Waals surface area contributed by atoms with Crippen LogP contribution in [0.2, 0.25) is 0 Å². The van der Waals surface area contributed by atoms with Gasteiger partial charge in [-0.2, -0.15) is 0 Å². The van der Waals surface area contributed by atoms with Gasteiger partial charge in [0, 0.05) is 17.1 Å². The predicted molar refractivity (Wildman–Crippen MR) is 75.0 cm³/mol. The summed E-state index contributed by atoms with van der Waals surface area (Å²) in [4.78, 5) is 0. The Morgan fingerprint density at radius 1 is 1.41 bits per heavy atom. The second kappa shape index (κ2) is 6.84. The molecule has 0 aliphatic rings. The average molecular weight is 341 g/mol. The first-order valence-corrected chi connectivity index (χ1v) is 8.55. The normalized spacial score (nSPS) is 12.2. The zero-order chi connectivity index (χ0) is 12.9. The molecule has 17 heavy (non-hydrogen) atoms. The molecule has 0 amide bonds. The van der Waals surface area contributed by atoms with Crippen molar-refractivity contribution in [1.29, 1.82) is 0 Å². The minimum absolute atomic E-state index is 0.342. The molecule has 4 nitrogen and oxygen atoms in total. The second-order valence-corrected chi connectivity index (χ2v) is 7.65. The summed E-state index contributed by atoms with van der Waals surface area (Å²) in [6.07, 6.45) is 0.778. The summed E-state index contributed by atoms with van der Waals surface area (Å²) in [5, 5.41) is 4.99. The summed E-state index contributed by atoms with van der Waals surface area (Å²) in [7, 11) is -3.35. The molecule has 0 radical (unpaired) electrons. The van der Waals surface area contributed by atoms with Crippen LogP contribution in [0.1, 0.15) is 20.3 Å². The first-order chi connectivity index (χ1) is 7.93. The lowest BCUT2D eigenvalue weighted by Gasteiger charge is -2.08. The summed E-state index contributed by atoms with van der Waals surface area (Å²) in [5.74, 6) is 0. The van der Waals surface area contributed by atoms with Crippen molar-refractivity contribution in [3.05, 3.63) is 15.9 Å². The number of rotatable bonds is 7. The standard InChI is InChI=1S/C10H17BrN2O2S2/c1-8(2)12-5-3-6-13-17(14,15)10-9(11)4-7-16-10/h4,7-8,12-13H,3,5-6H2,1-2H3. The molecule has 0 fully saturated rings. The molecule has 1 aromatic heterocycles. The topological polar surface area (TPSA) is 58.2 Å². The van der Waals surface area contributed by atoms with Gasteiger partial charge in [0.25, 0.3) is 10.0 Å². The van der Waals surface area contributed by atoms with Gasteiger partial charge in [-0.1, -0.05) is 13.8 Å². The van der Waals surface area contributed by atoms with Gasteiger partial charge in [0.05, 0.1) is 0 Å². The molecule has 2 N–H and O–H groups in total. The molecule has 0 saturated heterocycles. The van der Waals surface area contributed by atoms with E-state index in [1.165, 1.54) is 11.3 Å². The molecule has 0 aromatic carbocycles. The van der Waals surface area contributed by atoms with E-state index in [1.54, 1.807) is 11.4 Å². The zero-order valence-electron chi connectivity index (χ0n) is 9.86. The Morgan fingerprint density at radius 2 is 2.12 bits per heavy atom. The van der Waals surface area contributed by atoms with Crippen LogP contribution in [-0.4, -0.2) is 27.5 Å². The summed E-state index contributed by atoms with van der Waals surface area (Å²) < 4.78 is 27.3. The molecular formula is C10H17BrN2O2S2. The van der Waals surface area contributed by atoms with Crippen LogP contribution in [0, 0.1) is 0 Å². The van der Waals surface area contributed by atoms with E-state index >= 15 is 0 Å². The maximum Gasteiger partial charge on any atom is 0.251 e. The molecule has 0 atom stereocenters. The fourth-order valence-corrected chi connectivity index (χ4v) is 4.68. The van der Waals surface area contributed by atoms with E-state index in [0.29, 0.717) is 21.3 Å². The molecule has 7 heteroatoms. The van der Waals surface area contributed by atoms with Crippen molar-refractivity contribution in [2.24, 2.45) is 0 Å². The van der Waals surface area contributed by atoms with Gasteiger partial charge in [0.1, 0.15) is 4.21 Å². The minimum atomic E-state index is -3.35. The van der Waals surface area contributed by atoms with E-state index < -0.39 is 10.0 Å². The quantitative estimate of drug-likeness (QED) is 0.748. The first-order valence-electron chi connectivity index (χ1n) is 5.39. The van der Waals surface area contributed by atoms with Crippen LogP contribution in [0.4, 0.5) is 0 Å². The lowest BCUT2D eigenvalue weighted by molar-refractivity contribution is 0.555. The molecule has 0 spiro atoms. The van der Waals surface area contributed by atoms with Crippen LogP contribution >= 0.6 is 27.3 Å². The van der Waals surface area contributed by atoms with Gasteiger partial charge < -0.3 is 5.32 Å². The Hall–Kier alpha value is 0.0500. The zero-order valence-corrected chi connectivity index (χ0v) is 13.1. The third-order valence-electron chi connectivity index (χ3n) is 2.03. The third-order valence-corrected chi connectivity index (χ3v) is 6.16. The Balaban J connectivity index is 2.39. The van der Waals surface area contributed by atoms with E-state index in [2.05, 4.69) is 39.8 Å². The van der Waals surface area contributed by atoms with Crippen molar-refractivity contribution in [1.82, 2.24) is 10.0 Å². The molecule has 98 valence electrons. The molecular weight excluding hydrogens is 324 g/mol. The van der Waals surface area contributed by atoms with Crippen molar-refractivity contribution >= 4 is 37.3 Å². The Labute approximate surface area is 115 Å². The number of nitrogens with one attached hydrogen (secondary N) is 2.